The molecule has 0 saturated heterocycles. The standard InChI is InChI=1S/C26H31O2P/c1-4-12-24(13-5-1)18-10-21-27-29(23-20-26-16-8-3-9-17-26)28-22-11-19-25-14-6-2-7-15-25/h1-9,12-17H,10-11,18-23H2. The maximum atomic E-state index is 6.18. The van der Waals surface area contributed by atoms with Gasteiger partial charge in [0.25, 0.3) is 0 Å². The van der Waals surface area contributed by atoms with E-state index in [0.717, 1.165) is 51.5 Å². The van der Waals surface area contributed by atoms with Crippen LogP contribution in [0, 0.1) is 0 Å². The van der Waals surface area contributed by atoms with Crippen molar-refractivity contribution in [2.75, 3.05) is 19.4 Å². The van der Waals surface area contributed by atoms with Gasteiger partial charge in [-0.3, -0.25) is 0 Å². The van der Waals surface area contributed by atoms with Gasteiger partial charge < -0.3 is 9.05 Å². The monoisotopic (exact) mass is 406 g/mol. The molecule has 3 aromatic rings. The van der Waals surface area contributed by atoms with Crippen LogP contribution in [-0.2, 0) is 28.3 Å². The van der Waals surface area contributed by atoms with Crippen molar-refractivity contribution in [3.05, 3.63) is 108 Å². The number of benzene rings is 3. The Morgan fingerprint density at radius 1 is 0.483 bits per heavy atom. The Kier molecular flexibility index (Phi) is 9.94. The average Bonchev–Trinajstić information content (AvgIpc) is 2.79. The van der Waals surface area contributed by atoms with Crippen molar-refractivity contribution in [1.82, 2.24) is 0 Å². The molecule has 0 fully saturated rings. The molecule has 0 aliphatic carbocycles. The van der Waals surface area contributed by atoms with Crippen molar-refractivity contribution >= 4 is 8.38 Å². The summed E-state index contributed by atoms with van der Waals surface area (Å²) in [5.41, 5.74) is 4.09. The largest absolute Gasteiger partial charge is 0.334 e. The van der Waals surface area contributed by atoms with Crippen LogP contribution in [0.3, 0.4) is 0 Å². The second kappa shape index (κ2) is 13.3. The first kappa shape index (κ1) is 21.7. The third kappa shape index (κ3) is 8.92. The lowest BCUT2D eigenvalue weighted by molar-refractivity contribution is 0.244. The number of hydrogen-bond acceptors (Lipinski definition) is 2. The molecule has 0 atom stereocenters. The molecular weight excluding hydrogens is 375 g/mol. The van der Waals surface area contributed by atoms with E-state index >= 15 is 0 Å². The van der Waals surface area contributed by atoms with Crippen molar-refractivity contribution in [2.45, 2.75) is 32.1 Å². The van der Waals surface area contributed by atoms with Gasteiger partial charge in [0, 0.05) is 6.16 Å². The highest BCUT2D eigenvalue weighted by atomic mass is 31.2. The van der Waals surface area contributed by atoms with Crippen LogP contribution >= 0.6 is 8.38 Å². The van der Waals surface area contributed by atoms with Gasteiger partial charge in [0.05, 0.1) is 13.2 Å². The van der Waals surface area contributed by atoms with E-state index in [1.165, 1.54) is 16.7 Å². The fourth-order valence-corrected chi connectivity index (χ4v) is 4.65. The van der Waals surface area contributed by atoms with E-state index < -0.39 is 8.38 Å². The molecule has 3 heteroatoms. The van der Waals surface area contributed by atoms with Crippen LogP contribution < -0.4 is 0 Å². The summed E-state index contributed by atoms with van der Waals surface area (Å²) >= 11 is 0. The SMILES string of the molecule is c1ccc(CCCOP(CCc2ccccc2)OCCCc2ccccc2)cc1. The molecule has 0 N–H and O–H groups in total. The van der Waals surface area contributed by atoms with Gasteiger partial charge in [0.2, 0.25) is 0 Å². The number of aryl methyl sites for hydroxylation is 3. The first-order valence-electron chi connectivity index (χ1n) is 10.6. The van der Waals surface area contributed by atoms with Crippen molar-refractivity contribution < 1.29 is 9.05 Å². The topological polar surface area (TPSA) is 18.5 Å². The molecule has 0 aliphatic heterocycles. The second-order valence-electron chi connectivity index (χ2n) is 7.14. The van der Waals surface area contributed by atoms with Crippen LogP contribution in [0.5, 0.6) is 0 Å². The lowest BCUT2D eigenvalue weighted by Crippen LogP contribution is -2.02. The molecule has 0 unspecified atom stereocenters. The van der Waals surface area contributed by atoms with Crippen LogP contribution in [0.2, 0.25) is 0 Å². The third-order valence-electron chi connectivity index (χ3n) is 4.80. The first-order valence-corrected chi connectivity index (χ1v) is 11.9. The van der Waals surface area contributed by atoms with Crippen LogP contribution in [-0.4, -0.2) is 19.4 Å². The van der Waals surface area contributed by atoms with Crippen LogP contribution in [0.1, 0.15) is 29.5 Å². The molecule has 0 spiro atoms. The zero-order valence-electron chi connectivity index (χ0n) is 17.1. The summed E-state index contributed by atoms with van der Waals surface area (Å²) in [5.74, 6) is 0. The molecule has 3 rings (SSSR count). The molecule has 0 saturated carbocycles. The Morgan fingerprint density at radius 2 is 0.862 bits per heavy atom. The normalized spacial score (nSPS) is 11.1. The fraction of sp³-hybridized carbons (Fsp3) is 0.308. The molecule has 0 radical (unpaired) electrons. The van der Waals surface area contributed by atoms with Gasteiger partial charge in [-0.2, -0.15) is 0 Å². The molecular formula is C26H31O2P. The molecule has 0 aromatic heterocycles. The molecule has 29 heavy (non-hydrogen) atoms. The van der Waals surface area contributed by atoms with Crippen LogP contribution in [0.15, 0.2) is 91.0 Å². The van der Waals surface area contributed by atoms with E-state index in [-0.39, 0.29) is 0 Å². The quantitative estimate of drug-likeness (QED) is 0.228. The molecule has 0 bridgehead atoms. The zero-order chi connectivity index (χ0) is 20.0. The predicted octanol–water partition coefficient (Wildman–Crippen LogP) is 6.84. The Hall–Kier alpha value is -1.99. The van der Waals surface area contributed by atoms with Crippen molar-refractivity contribution in [3.8, 4) is 0 Å². The van der Waals surface area contributed by atoms with E-state index in [1.54, 1.807) is 0 Å². The van der Waals surface area contributed by atoms with Crippen LogP contribution in [0.4, 0.5) is 0 Å². The summed E-state index contributed by atoms with van der Waals surface area (Å²) in [5, 5.41) is 0. The van der Waals surface area contributed by atoms with Gasteiger partial charge in [-0.1, -0.05) is 91.0 Å². The minimum Gasteiger partial charge on any atom is -0.334 e. The third-order valence-corrected chi connectivity index (χ3v) is 6.33. The molecule has 3 aromatic carbocycles. The molecule has 0 heterocycles. The summed E-state index contributed by atoms with van der Waals surface area (Å²) in [6.45, 7) is 1.52. The van der Waals surface area contributed by atoms with Gasteiger partial charge in [-0.25, -0.2) is 0 Å². The van der Waals surface area contributed by atoms with E-state index in [9.17, 15) is 0 Å². The minimum absolute atomic E-state index is 0.758. The maximum Gasteiger partial charge on any atom is 0.170 e. The molecule has 0 aliphatic rings. The lowest BCUT2D eigenvalue weighted by Gasteiger charge is -2.18. The Labute approximate surface area is 176 Å². The summed E-state index contributed by atoms with van der Waals surface area (Å²) < 4.78 is 12.4. The summed E-state index contributed by atoms with van der Waals surface area (Å²) in [7, 11) is -0.845. The number of rotatable bonds is 13. The zero-order valence-corrected chi connectivity index (χ0v) is 18.0. The minimum atomic E-state index is -0.845. The fourth-order valence-electron chi connectivity index (χ4n) is 3.21. The van der Waals surface area contributed by atoms with E-state index in [4.69, 9.17) is 9.05 Å². The highest BCUT2D eigenvalue weighted by molar-refractivity contribution is 7.47. The smallest absolute Gasteiger partial charge is 0.170 e. The van der Waals surface area contributed by atoms with E-state index in [2.05, 4.69) is 91.0 Å². The van der Waals surface area contributed by atoms with Gasteiger partial charge in [0.15, 0.2) is 8.38 Å². The first-order chi connectivity index (χ1) is 14.4. The number of hydrogen-bond donors (Lipinski definition) is 0. The Morgan fingerprint density at radius 3 is 1.28 bits per heavy atom. The summed E-state index contributed by atoms with van der Waals surface area (Å²) in [6.07, 6.45) is 6.12. The Bertz CT molecular complexity index is 730. The summed E-state index contributed by atoms with van der Waals surface area (Å²) in [6, 6.07) is 31.8. The second-order valence-corrected chi connectivity index (χ2v) is 8.77. The highest BCUT2D eigenvalue weighted by Gasteiger charge is 2.11. The Balaban J connectivity index is 1.40. The predicted molar refractivity (Wildman–Crippen MR) is 123 cm³/mol. The molecule has 2 nitrogen and oxygen atoms in total. The average molecular weight is 407 g/mol. The molecule has 0 amide bonds. The maximum absolute atomic E-state index is 6.18. The van der Waals surface area contributed by atoms with Crippen molar-refractivity contribution in [1.29, 1.82) is 0 Å². The highest BCUT2D eigenvalue weighted by Crippen LogP contribution is 2.39. The molecule has 152 valence electrons. The van der Waals surface area contributed by atoms with Gasteiger partial charge in [0.1, 0.15) is 0 Å². The van der Waals surface area contributed by atoms with Crippen molar-refractivity contribution in [2.24, 2.45) is 0 Å². The van der Waals surface area contributed by atoms with Gasteiger partial charge >= 0.3 is 0 Å². The lowest BCUT2D eigenvalue weighted by atomic mass is 10.1. The summed E-state index contributed by atoms with van der Waals surface area (Å²) in [4.78, 5) is 0. The van der Waals surface area contributed by atoms with Gasteiger partial charge in [-0.05, 0) is 48.8 Å². The van der Waals surface area contributed by atoms with Crippen LogP contribution in [0.25, 0.3) is 0 Å². The van der Waals surface area contributed by atoms with E-state index in [1.807, 2.05) is 0 Å². The van der Waals surface area contributed by atoms with E-state index in [0.29, 0.717) is 0 Å². The van der Waals surface area contributed by atoms with Crippen molar-refractivity contribution in [3.63, 3.8) is 0 Å². The van der Waals surface area contributed by atoms with Gasteiger partial charge in [-0.15, -0.1) is 0 Å².